The molecule has 0 aliphatic carbocycles. The van der Waals surface area contributed by atoms with Crippen LogP contribution in [0.4, 0.5) is 11.5 Å². The van der Waals surface area contributed by atoms with E-state index < -0.39 is 0 Å². The lowest BCUT2D eigenvalue weighted by molar-refractivity contribution is 0.462. The lowest BCUT2D eigenvalue weighted by Gasteiger charge is -2.13. The molecule has 0 aliphatic rings. The van der Waals surface area contributed by atoms with Crippen LogP contribution in [0.2, 0.25) is 0 Å². The van der Waals surface area contributed by atoms with Crippen LogP contribution < -0.4 is 15.0 Å². The number of ether oxygens (including phenoxy) is 1. The predicted molar refractivity (Wildman–Crippen MR) is 81.7 cm³/mol. The average Bonchev–Trinajstić information content (AvgIpc) is 2.46. The zero-order valence-corrected chi connectivity index (χ0v) is 12.1. The fraction of sp³-hybridized carbons (Fsp3) is 0.333. The third kappa shape index (κ3) is 3.85. The smallest absolute Gasteiger partial charge is 0.224 e. The molecule has 0 unspecified atom stereocenters. The Morgan fingerprint density at radius 2 is 2.05 bits per heavy atom. The number of nitrogens with zero attached hydrogens (tertiary/aromatic N) is 3. The van der Waals surface area contributed by atoms with Gasteiger partial charge in [-0.05, 0) is 18.6 Å². The minimum absolute atomic E-state index is 0.537. The minimum atomic E-state index is 0.537. The van der Waals surface area contributed by atoms with Crippen LogP contribution >= 0.6 is 0 Å². The van der Waals surface area contributed by atoms with Crippen LogP contribution in [0.5, 0.6) is 11.6 Å². The Kier molecular flexibility index (Phi) is 4.76. The number of anilines is 2. The molecular formula is C15H20N4O. The highest BCUT2D eigenvalue weighted by Crippen LogP contribution is 2.24. The van der Waals surface area contributed by atoms with Gasteiger partial charge in [0, 0.05) is 38.5 Å². The molecule has 0 saturated heterocycles. The molecular weight excluding hydrogens is 252 g/mol. The topological polar surface area (TPSA) is 50.3 Å². The number of rotatable bonds is 6. The summed E-state index contributed by atoms with van der Waals surface area (Å²) in [6.45, 7) is 2.99. The van der Waals surface area contributed by atoms with E-state index in [4.69, 9.17) is 4.74 Å². The maximum absolute atomic E-state index is 5.77. The fourth-order valence-corrected chi connectivity index (χ4v) is 1.69. The van der Waals surface area contributed by atoms with Gasteiger partial charge >= 0.3 is 0 Å². The van der Waals surface area contributed by atoms with Gasteiger partial charge in [0.15, 0.2) is 0 Å². The van der Waals surface area contributed by atoms with Gasteiger partial charge in [0.05, 0.1) is 0 Å². The van der Waals surface area contributed by atoms with Gasteiger partial charge in [-0.1, -0.05) is 13.0 Å². The monoisotopic (exact) mass is 272 g/mol. The Bertz CT molecular complexity index is 557. The standard InChI is InChI=1S/C15H20N4O/c1-4-8-16-14-10-15(18-11-17-14)20-13-7-5-6-12(9-13)19(2)3/h5-7,9-11H,4,8H2,1-3H3,(H,16,17,18). The van der Waals surface area contributed by atoms with Gasteiger partial charge in [0.2, 0.25) is 5.88 Å². The van der Waals surface area contributed by atoms with Gasteiger partial charge in [0.25, 0.3) is 0 Å². The first-order chi connectivity index (χ1) is 9.69. The summed E-state index contributed by atoms with van der Waals surface area (Å²) in [5, 5.41) is 3.21. The van der Waals surface area contributed by atoms with Crippen LogP contribution in [-0.4, -0.2) is 30.6 Å². The number of hydrogen-bond acceptors (Lipinski definition) is 5. The number of nitrogens with one attached hydrogen (secondary N) is 1. The molecule has 0 bridgehead atoms. The molecule has 0 aliphatic heterocycles. The highest BCUT2D eigenvalue weighted by atomic mass is 16.5. The van der Waals surface area contributed by atoms with Crippen LogP contribution in [0.3, 0.4) is 0 Å². The molecule has 0 atom stereocenters. The largest absolute Gasteiger partial charge is 0.439 e. The molecule has 106 valence electrons. The first-order valence-electron chi connectivity index (χ1n) is 6.70. The average molecular weight is 272 g/mol. The van der Waals surface area contributed by atoms with Gasteiger partial charge in [0.1, 0.15) is 17.9 Å². The van der Waals surface area contributed by atoms with Crippen molar-refractivity contribution in [1.29, 1.82) is 0 Å². The van der Waals surface area contributed by atoms with Crippen molar-refractivity contribution >= 4 is 11.5 Å². The molecule has 1 heterocycles. The Hall–Kier alpha value is -2.30. The summed E-state index contributed by atoms with van der Waals surface area (Å²) in [5.74, 6) is 2.08. The zero-order valence-electron chi connectivity index (χ0n) is 12.1. The summed E-state index contributed by atoms with van der Waals surface area (Å²) in [5.41, 5.74) is 1.08. The molecule has 1 aromatic carbocycles. The number of benzene rings is 1. The molecule has 1 aromatic heterocycles. The van der Waals surface area contributed by atoms with E-state index in [-0.39, 0.29) is 0 Å². The van der Waals surface area contributed by atoms with Crippen molar-refractivity contribution < 1.29 is 4.74 Å². The van der Waals surface area contributed by atoms with Crippen molar-refractivity contribution in [2.75, 3.05) is 30.9 Å². The van der Waals surface area contributed by atoms with E-state index in [0.717, 1.165) is 30.2 Å². The molecule has 0 amide bonds. The summed E-state index contributed by atoms with van der Waals surface area (Å²) in [6, 6.07) is 9.68. The first-order valence-corrected chi connectivity index (χ1v) is 6.70. The normalized spacial score (nSPS) is 10.2. The third-order valence-corrected chi connectivity index (χ3v) is 2.75. The highest BCUT2D eigenvalue weighted by Gasteiger charge is 2.03. The molecule has 0 spiro atoms. The fourth-order valence-electron chi connectivity index (χ4n) is 1.69. The second kappa shape index (κ2) is 6.75. The molecule has 0 radical (unpaired) electrons. The maximum Gasteiger partial charge on any atom is 0.224 e. The molecule has 0 saturated carbocycles. The van der Waals surface area contributed by atoms with Gasteiger partial charge in [-0.15, -0.1) is 0 Å². The number of aromatic nitrogens is 2. The lowest BCUT2D eigenvalue weighted by Crippen LogP contribution is -2.08. The van der Waals surface area contributed by atoms with Crippen LogP contribution in [0, 0.1) is 0 Å². The molecule has 5 heteroatoms. The van der Waals surface area contributed by atoms with E-state index in [2.05, 4.69) is 22.2 Å². The van der Waals surface area contributed by atoms with E-state index in [1.165, 1.54) is 6.33 Å². The highest BCUT2D eigenvalue weighted by molar-refractivity contribution is 5.50. The summed E-state index contributed by atoms with van der Waals surface area (Å²) in [6.07, 6.45) is 2.55. The summed E-state index contributed by atoms with van der Waals surface area (Å²) in [4.78, 5) is 10.3. The predicted octanol–water partition coefficient (Wildman–Crippen LogP) is 3.16. The van der Waals surface area contributed by atoms with E-state index in [0.29, 0.717) is 5.88 Å². The van der Waals surface area contributed by atoms with E-state index in [9.17, 15) is 0 Å². The van der Waals surface area contributed by atoms with Crippen LogP contribution in [0.1, 0.15) is 13.3 Å². The van der Waals surface area contributed by atoms with Crippen molar-refractivity contribution in [3.8, 4) is 11.6 Å². The van der Waals surface area contributed by atoms with E-state index >= 15 is 0 Å². The van der Waals surface area contributed by atoms with Crippen molar-refractivity contribution in [2.45, 2.75) is 13.3 Å². The van der Waals surface area contributed by atoms with E-state index in [1.54, 1.807) is 6.07 Å². The summed E-state index contributed by atoms with van der Waals surface area (Å²) < 4.78 is 5.77. The molecule has 1 N–H and O–H groups in total. The molecule has 5 nitrogen and oxygen atoms in total. The summed E-state index contributed by atoms with van der Waals surface area (Å²) in [7, 11) is 3.99. The van der Waals surface area contributed by atoms with Gasteiger partial charge in [-0.2, -0.15) is 0 Å². The van der Waals surface area contributed by atoms with Crippen LogP contribution in [0.25, 0.3) is 0 Å². The lowest BCUT2D eigenvalue weighted by atomic mass is 10.3. The SMILES string of the molecule is CCCNc1cc(Oc2cccc(N(C)C)c2)ncn1. The molecule has 2 rings (SSSR count). The summed E-state index contributed by atoms with van der Waals surface area (Å²) >= 11 is 0. The Balaban J connectivity index is 2.11. The first kappa shape index (κ1) is 14.1. The van der Waals surface area contributed by atoms with E-state index in [1.807, 2.05) is 43.3 Å². The quantitative estimate of drug-likeness (QED) is 0.875. The molecule has 2 aromatic rings. The van der Waals surface area contributed by atoms with Crippen molar-refractivity contribution in [3.63, 3.8) is 0 Å². The second-order valence-electron chi connectivity index (χ2n) is 4.66. The zero-order chi connectivity index (χ0) is 14.4. The Morgan fingerprint density at radius 3 is 2.80 bits per heavy atom. The molecule has 0 fully saturated rings. The third-order valence-electron chi connectivity index (χ3n) is 2.75. The van der Waals surface area contributed by atoms with Gasteiger partial charge in [-0.3, -0.25) is 0 Å². The number of hydrogen-bond donors (Lipinski definition) is 1. The molecule has 20 heavy (non-hydrogen) atoms. The van der Waals surface area contributed by atoms with Crippen LogP contribution in [0.15, 0.2) is 36.7 Å². The van der Waals surface area contributed by atoms with Crippen molar-refractivity contribution in [1.82, 2.24) is 9.97 Å². The maximum atomic E-state index is 5.77. The Labute approximate surface area is 119 Å². The van der Waals surface area contributed by atoms with Crippen molar-refractivity contribution in [2.24, 2.45) is 0 Å². The van der Waals surface area contributed by atoms with Gasteiger partial charge < -0.3 is 15.0 Å². The minimum Gasteiger partial charge on any atom is -0.439 e. The van der Waals surface area contributed by atoms with Crippen molar-refractivity contribution in [3.05, 3.63) is 36.7 Å². The Morgan fingerprint density at radius 1 is 1.20 bits per heavy atom. The van der Waals surface area contributed by atoms with Gasteiger partial charge in [-0.25, -0.2) is 9.97 Å². The second-order valence-corrected chi connectivity index (χ2v) is 4.66. The van der Waals surface area contributed by atoms with Crippen LogP contribution in [-0.2, 0) is 0 Å².